The zero-order chi connectivity index (χ0) is 19.8. The summed E-state index contributed by atoms with van der Waals surface area (Å²) in [6.07, 6.45) is 4.96. The minimum atomic E-state index is -0.409. The molecule has 156 valence electrons. The highest BCUT2D eigenvalue weighted by molar-refractivity contribution is 14.0. The highest BCUT2D eigenvalue weighted by atomic mass is 127. The molecule has 0 saturated heterocycles. The van der Waals surface area contributed by atoms with E-state index in [4.69, 9.17) is 10.7 Å². The van der Waals surface area contributed by atoms with E-state index in [2.05, 4.69) is 47.9 Å². The van der Waals surface area contributed by atoms with Crippen molar-refractivity contribution in [1.82, 2.24) is 10.6 Å². The number of carbonyl (C=O) groups excluding carboxylic acids is 1. The Kier molecular flexibility index (Phi) is 8.95. The van der Waals surface area contributed by atoms with E-state index in [-0.39, 0.29) is 29.4 Å². The molecule has 4 N–H and O–H groups in total. The number of hydrogen-bond acceptors (Lipinski definition) is 2. The van der Waals surface area contributed by atoms with Gasteiger partial charge in [0.25, 0.3) is 0 Å². The Hall–Kier alpha value is -2.09. The van der Waals surface area contributed by atoms with E-state index in [1.54, 1.807) is 12.1 Å². The summed E-state index contributed by atoms with van der Waals surface area (Å²) >= 11 is 0. The van der Waals surface area contributed by atoms with Crippen molar-refractivity contribution < 1.29 is 4.79 Å². The zero-order valence-corrected chi connectivity index (χ0v) is 19.3. The summed E-state index contributed by atoms with van der Waals surface area (Å²) in [5.41, 5.74) is 8.45. The van der Waals surface area contributed by atoms with E-state index in [0.717, 1.165) is 24.6 Å². The molecule has 2 aromatic carbocycles. The van der Waals surface area contributed by atoms with Gasteiger partial charge in [0, 0.05) is 24.1 Å². The van der Waals surface area contributed by atoms with Gasteiger partial charge in [-0.15, -0.1) is 24.0 Å². The topological polar surface area (TPSA) is 79.5 Å². The number of benzene rings is 2. The van der Waals surface area contributed by atoms with Crippen LogP contribution in [0.25, 0.3) is 0 Å². The highest BCUT2D eigenvalue weighted by Crippen LogP contribution is 2.40. The predicted octanol–water partition coefficient (Wildman–Crippen LogP) is 3.97. The van der Waals surface area contributed by atoms with E-state index < -0.39 is 5.91 Å². The van der Waals surface area contributed by atoms with Gasteiger partial charge in [0.15, 0.2) is 5.96 Å². The van der Waals surface area contributed by atoms with E-state index in [0.29, 0.717) is 12.1 Å². The van der Waals surface area contributed by atoms with Crippen LogP contribution in [-0.4, -0.2) is 25.0 Å². The molecule has 29 heavy (non-hydrogen) atoms. The predicted molar refractivity (Wildman–Crippen MR) is 130 cm³/mol. The Labute approximate surface area is 190 Å². The number of nitrogens with one attached hydrogen (secondary N) is 2. The number of guanidine groups is 1. The monoisotopic (exact) mass is 506 g/mol. The summed E-state index contributed by atoms with van der Waals surface area (Å²) in [6.45, 7) is 4.31. The Morgan fingerprint density at radius 2 is 1.69 bits per heavy atom. The number of carbonyl (C=O) groups is 1. The normalized spacial score (nSPS) is 15.4. The molecule has 1 fully saturated rings. The fraction of sp³-hybridized carbons (Fsp3) is 0.391. The maximum atomic E-state index is 11.2. The lowest BCUT2D eigenvalue weighted by atomic mass is 9.79. The minimum Gasteiger partial charge on any atom is -0.366 e. The zero-order valence-electron chi connectivity index (χ0n) is 17.0. The van der Waals surface area contributed by atoms with Gasteiger partial charge in [-0.3, -0.25) is 4.79 Å². The molecule has 1 saturated carbocycles. The minimum absolute atomic E-state index is 0. The quantitative estimate of drug-likeness (QED) is 0.302. The molecular formula is C23H31IN4O. The molecular weight excluding hydrogens is 475 g/mol. The van der Waals surface area contributed by atoms with Crippen molar-refractivity contribution in [2.45, 2.75) is 44.6 Å². The number of primary amides is 1. The first-order chi connectivity index (χ1) is 13.6. The molecule has 1 aliphatic rings. The van der Waals surface area contributed by atoms with Crippen LogP contribution < -0.4 is 16.4 Å². The molecule has 0 radical (unpaired) electrons. The number of amides is 1. The van der Waals surface area contributed by atoms with Gasteiger partial charge in [-0.1, -0.05) is 55.3 Å². The molecule has 1 aliphatic carbocycles. The van der Waals surface area contributed by atoms with Crippen LogP contribution >= 0.6 is 24.0 Å². The second kappa shape index (κ2) is 11.2. The van der Waals surface area contributed by atoms with Gasteiger partial charge in [0.05, 0.1) is 6.54 Å². The van der Waals surface area contributed by atoms with Crippen molar-refractivity contribution >= 4 is 35.8 Å². The number of halogens is 1. The molecule has 0 atom stereocenters. The molecule has 2 aromatic rings. The second-order valence-electron chi connectivity index (χ2n) is 7.46. The summed E-state index contributed by atoms with van der Waals surface area (Å²) < 4.78 is 0. The van der Waals surface area contributed by atoms with Gasteiger partial charge in [-0.05, 0) is 43.0 Å². The van der Waals surface area contributed by atoms with Crippen LogP contribution in [0.2, 0.25) is 0 Å². The smallest absolute Gasteiger partial charge is 0.248 e. The summed E-state index contributed by atoms with van der Waals surface area (Å²) in [7, 11) is 0. The highest BCUT2D eigenvalue weighted by Gasteiger charge is 2.35. The summed E-state index contributed by atoms with van der Waals surface area (Å²) in [4.78, 5) is 15.9. The Morgan fingerprint density at radius 3 is 2.28 bits per heavy atom. The third-order valence-corrected chi connectivity index (χ3v) is 5.54. The lowest BCUT2D eigenvalue weighted by Gasteiger charge is -2.30. The largest absolute Gasteiger partial charge is 0.366 e. The van der Waals surface area contributed by atoms with Crippen LogP contribution in [-0.2, 0) is 12.0 Å². The number of nitrogens with two attached hydrogens (primary N) is 1. The molecule has 3 rings (SSSR count). The average Bonchev–Trinajstić information content (AvgIpc) is 3.21. The summed E-state index contributed by atoms with van der Waals surface area (Å²) in [5, 5.41) is 6.91. The van der Waals surface area contributed by atoms with E-state index in [1.165, 1.54) is 31.2 Å². The third-order valence-electron chi connectivity index (χ3n) is 5.54. The van der Waals surface area contributed by atoms with Crippen molar-refractivity contribution in [3.8, 4) is 0 Å². The molecule has 0 heterocycles. The fourth-order valence-corrected chi connectivity index (χ4v) is 3.95. The molecule has 6 heteroatoms. The maximum Gasteiger partial charge on any atom is 0.248 e. The SMILES string of the molecule is CCNC(=NCc1ccc(C(N)=O)cc1)NCC1(c2ccccc2)CCCC1.I. The van der Waals surface area contributed by atoms with Gasteiger partial charge in [0.2, 0.25) is 5.91 Å². The van der Waals surface area contributed by atoms with Gasteiger partial charge < -0.3 is 16.4 Å². The van der Waals surface area contributed by atoms with Crippen molar-refractivity contribution in [2.75, 3.05) is 13.1 Å². The van der Waals surface area contributed by atoms with Gasteiger partial charge in [-0.2, -0.15) is 0 Å². The van der Waals surface area contributed by atoms with E-state index in [1.807, 2.05) is 12.1 Å². The second-order valence-corrected chi connectivity index (χ2v) is 7.46. The van der Waals surface area contributed by atoms with Crippen LogP contribution in [0.3, 0.4) is 0 Å². The van der Waals surface area contributed by atoms with Gasteiger partial charge in [-0.25, -0.2) is 4.99 Å². The molecule has 0 bridgehead atoms. The van der Waals surface area contributed by atoms with Crippen molar-refractivity contribution in [2.24, 2.45) is 10.7 Å². The molecule has 5 nitrogen and oxygen atoms in total. The van der Waals surface area contributed by atoms with Crippen LogP contribution in [0.1, 0.15) is 54.1 Å². The molecule has 0 aromatic heterocycles. The number of aliphatic imine (C=N–C) groups is 1. The summed E-state index contributed by atoms with van der Waals surface area (Å²) in [5.74, 6) is 0.413. The third kappa shape index (κ3) is 6.19. The summed E-state index contributed by atoms with van der Waals surface area (Å²) in [6, 6.07) is 18.1. The first-order valence-corrected chi connectivity index (χ1v) is 10.1. The maximum absolute atomic E-state index is 11.2. The van der Waals surface area contributed by atoms with E-state index >= 15 is 0 Å². The molecule has 1 amide bonds. The lowest BCUT2D eigenvalue weighted by molar-refractivity contribution is 0.100. The van der Waals surface area contributed by atoms with E-state index in [9.17, 15) is 4.79 Å². The Bertz CT molecular complexity index is 799. The Morgan fingerprint density at radius 1 is 1.03 bits per heavy atom. The fourth-order valence-electron chi connectivity index (χ4n) is 3.95. The van der Waals surface area contributed by atoms with Crippen molar-refractivity contribution in [3.05, 3.63) is 71.3 Å². The first-order valence-electron chi connectivity index (χ1n) is 10.1. The first kappa shape index (κ1) is 23.2. The van der Waals surface area contributed by atoms with Gasteiger partial charge >= 0.3 is 0 Å². The Balaban J connectivity index is 0.00000300. The number of hydrogen-bond donors (Lipinski definition) is 3. The number of nitrogens with zero attached hydrogens (tertiary/aromatic N) is 1. The van der Waals surface area contributed by atoms with Crippen molar-refractivity contribution in [1.29, 1.82) is 0 Å². The molecule has 0 unspecified atom stereocenters. The number of rotatable bonds is 7. The van der Waals surface area contributed by atoms with Crippen LogP contribution in [0.4, 0.5) is 0 Å². The van der Waals surface area contributed by atoms with Crippen molar-refractivity contribution in [3.63, 3.8) is 0 Å². The average molecular weight is 506 g/mol. The molecule has 0 aliphatic heterocycles. The van der Waals surface area contributed by atoms with Crippen LogP contribution in [0.15, 0.2) is 59.6 Å². The van der Waals surface area contributed by atoms with Gasteiger partial charge in [0.1, 0.15) is 0 Å². The van der Waals surface area contributed by atoms with Crippen LogP contribution in [0, 0.1) is 0 Å². The standard InChI is InChI=1S/C23H30N4O.HI/c1-2-25-22(26-16-18-10-12-19(13-11-18)21(24)28)27-17-23(14-6-7-15-23)20-8-4-3-5-9-20;/h3-5,8-13H,2,6-7,14-17H2,1H3,(H2,24,28)(H2,25,26,27);1H. The lowest BCUT2D eigenvalue weighted by Crippen LogP contribution is -2.44. The molecule has 0 spiro atoms. The van der Waals surface area contributed by atoms with Crippen LogP contribution in [0.5, 0.6) is 0 Å².